The maximum Gasteiger partial charge on any atom is 0.270 e. The first-order valence-corrected chi connectivity index (χ1v) is 15.2. The van der Waals surface area contributed by atoms with Gasteiger partial charge in [0.15, 0.2) is 0 Å². The number of aromatic amines is 1. The molecule has 42 heavy (non-hydrogen) atoms. The highest BCUT2D eigenvalue weighted by Gasteiger charge is 2.41. The van der Waals surface area contributed by atoms with Crippen molar-refractivity contribution in [3.05, 3.63) is 47.4 Å². The number of hydrogen-bond acceptors (Lipinski definition) is 5. The summed E-state index contributed by atoms with van der Waals surface area (Å²) >= 11 is 0. The molecule has 3 aromatic heterocycles. The van der Waals surface area contributed by atoms with Crippen molar-refractivity contribution in [2.24, 2.45) is 17.8 Å². The van der Waals surface area contributed by atoms with Crippen LogP contribution in [-0.2, 0) is 17.7 Å². The Labute approximate surface area is 254 Å². The summed E-state index contributed by atoms with van der Waals surface area (Å²) in [5, 5.41) is 16.4. The van der Waals surface area contributed by atoms with Crippen LogP contribution in [0.3, 0.4) is 0 Å². The molecule has 2 aliphatic carbocycles. The second kappa shape index (κ2) is 13.6. The molecule has 2 aliphatic rings. The van der Waals surface area contributed by atoms with Gasteiger partial charge in [-0.25, -0.2) is 4.98 Å². The molecule has 0 unspecified atom stereocenters. The van der Waals surface area contributed by atoms with E-state index in [0.717, 1.165) is 64.2 Å². The molecule has 0 aromatic carbocycles. The van der Waals surface area contributed by atoms with Crippen LogP contribution in [-0.4, -0.2) is 42.8 Å². The molecule has 3 heterocycles. The highest BCUT2D eigenvalue weighted by molar-refractivity contribution is 6.00. The fourth-order valence-corrected chi connectivity index (χ4v) is 7.04. The van der Waals surface area contributed by atoms with E-state index in [4.69, 9.17) is 6.85 Å². The third-order valence-corrected chi connectivity index (χ3v) is 9.03. The van der Waals surface area contributed by atoms with E-state index in [1.165, 1.54) is 19.1 Å². The SMILES string of the molecule is [2H]C([2H])([2H])C([2H])([2H])c1[nH]nc(C)c1-c1ccc(NC(=O)[C@@H](NC(=O)c2ccnn2CC)C(C2CCCCC2)C2CCCCC2)nc1F. The van der Waals surface area contributed by atoms with E-state index < -0.39 is 37.0 Å². The lowest BCUT2D eigenvalue weighted by atomic mass is 9.66. The van der Waals surface area contributed by atoms with Gasteiger partial charge >= 0.3 is 0 Å². The normalized spacial score (nSPS) is 19.8. The van der Waals surface area contributed by atoms with Crippen molar-refractivity contribution in [2.75, 3.05) is 5.32 Å². The molecule has 2 amide bonds. The van der Waals surface area contributed by atoms with Crippen LogP contribution in [0.15, 0.2) is 24.4 Å². The summed E-state index contributed by atoms with van der Waals surface area (Å²) in [6, 6.07) is 3.44. The Bertz CT molecular complexity index is 1540. The number of carbonyl (C=O) groups is 2. The lowest BCUT2D eigenvalue weighted by Crippen LogP contribution is -2.53. The quantitative estimate of drug-likeness (QED) is 0.246. The number of H-pyrrole nitrogens is 1. The van der Waals surface area contributed by atoms with E-state index in [1.54, 1.807) is 16.9 Å². The van der Waals surface area contributed by atoms with Crippen LogP contribution in [0.2, 0.25) is 0 Å². The van der Waals surface area contributed by atoms with Gasteiger partial charge in [0.25, 0.3) is 5.91 Å². The fraction of sp³-hybridized carbons (Fsp3) is 0.594. The molecule has 10 heteroatoms. The van der Waals surface area contributed by atoms with Crippen LogP contribution in [0.5, 0.6) is 0 Å². The summed E-state index contributed by atoms with van der Waals surface area (Å²) in [7, 11) is 0. The van der Waals surface area contributed by atoms with Crippen molar-refractivity contribution in [1.29, 1.82) is 0 Å². The van der Waals surface area contributed by atoms with Crippen LogP contribution in [0.25, 0.3) is 11.1 Å². The van der Waals surface area contributed by atoms with Crippen molar-refractivity contribution >= 4 is 17.6 Å². The van der Waals surface area contributed by atoms with Gasteiger partial charge in [0.2, 0.25) is 11.9 Å². The molecule has 0 bridgehead atoms. The smallest absolute Gasteiger partial charge is 0.270 e. The molecule has 0 saturated heterocycles. The van der Waals surface area contributed by atoms with Crippen molar-refractivity contribution < 1.29 is 20.8 Å². The van der Waals surface area contributed by atoms with E-state index in [-0.39, 0.29) is 46.1 Å². The average molecular weight is 583 g/mol. The van der Waals surface area contributed by atoms with E-state index in [0.29, 0.717) is 12.2 Å². The van der Waals surface area contributed by atoms with Crippen molar-refractivity contribution in [2.45, 2.75) is 104 Å². The predicted octanol–water partition coefficient (Wildman–Crippen LogP) is 6.21. The van der Waals surface area contributed by atoms with Gasteiger partial charge < -0.3 is 10.6 Å². The Morgan fingerprint density at radius 3 is 2.43 bits per heavy atom. The van der Waals surface area contributed by atoms with Gasteiger partial charge in [0.05, 0.1) is 5.69 Å². The lowest BCUT2D eigenvalue weighted by molar-refractivity contribution is -0.121. The predicted molar refractivity (Wildman–Crippen MR) is 160 cm³/mol. The number of rotatable bonds is 10. The number of nitrogens with zero attached hydrogens (tertiary/aromatic N) is 4. The van der Waals surface area contributed by atoms with Crippen molar-refractivity contribution in [1.82, 2.24) is 30.3 Å². The first-order chi connectivity index (χ1) is 22.3. The summed E-state index contributed by atoms with van der Waals surface area (Å²) < 4.78 is 56.7. The number of nitrogens with one attached hydrogen (secondary N) is 3. The molecule has 9 nitrogen and oxygen atoms in total. The molecule has 0 aliphatic heterocycles. The molecular weight excluding hydrogens is 533 g/mol. The number of aromatic nitrogens is 5. The monoisotopic (exact) mass is 582 g/mol. The first-order valence-electron chi connectivity index (χ1n) is 17.7. The highest BCUT2D eigenvalue weighted by atomic mass is 19.1. The van der Waals surface area contributed by atoms with Crippen LogP contribution in [0.1, 0.15) is 107 Å². The summed E-state index contributed by atoms with van der Waals surface area (Å²) in [6.45, 7) is 0.840. The number of amides is 2. The highest BCUT2D eigenvalue weighted by Crippen LogP contribution is 2.42. The van der Waals surface area contributed by atoms with Crippen LogP contribution in [0, 0.1) is 30.6 Å². The van der Waals surface area contributed by atoms with Crippen molar-refractivity contribution in [3.8, 4) is 11.1 Å². The number of aryl methyl sites for hydroxylation is 3. The third kappa shape index (κ3) is 6.42. The van der Waals surface area contributed by atoms with Gasteiger partial charge in [-0.15, -0.1) is 0 Å². The minimum absolute atomic E-state index is 0.0404. The zero-order chi connectivity index (χ0) is 33.9. The molecule has 1 atom stereocenters. The van der Waals surface area contributed by atoms with Gasteiger partial charge in [-0.1, -0.05) is 71.1 Å². The second-order valence-electron chi connectivity index (χ2n) is 11.6. The molecule has 0 radical (unpaired) electrons. The molecule has 5 rings (SSSR count). The Kier molecular flexibility index (Phi) is 7.76. The van der Waals surface area contributed by atoms with Gasteiger partial charge in [-0.2, -0.15) is 14.6 Å². The Morgan fingerprint density at radius 1 is 1.12 bits per heavy atom. The lowest BCUT2D eigenvalue weighted by Gasteiger charge is -2.41. The minimum atomic E-state index is -3.04. The van der Waals surface area contributed by atoms with E-state index in [2.05, 4.69) is 30.9 Å². The van der Waals surface area contributed by atoms with Gasteiger partial charge in [0.1, 0.15) is 17.6 Å². The minimum Gasteiger partial charge on any atom is -0.339 e. The Morgan fingerprint density at radius 2 is 1.81 bits per heavy atom. The number of halogens is 1. The molecule has 3 N–H and O–H groups in total. The molecule has 3 aromatic rings. The standard InChI is InChI=1S/C32H44FN7O2/c1-4-24-27(20(3)38-39-24)23-16-17-26(35-30(23)33)36-32(42)29(37-31(41)25-18-19-34-40(25)5-2)28(21-12-8-6-9-13-21)22-14-10-7-11-15-22/h16-19,21-22,28-29H,4-15H2,1-3H3,(H,37,41)(H,38,39)(H,35,36,42)/t29-/m0/s1/i1D3,4D2. The summed E-state index contributed by atoms with van der Waals surface area (Å²) in [5.74, 6) is -1.61. The molecular formula is C32H44FN7O2. The van der Waals surface area contributed by atoms with Gasteiger partial charge in [-0.05, 0) is 56.2 Å². The van der Waals surface area contributed by atoms with Gasteiger partial charge in [-0.3, -0.25) is 19.4 Å². The number of hydrogen-bond donors (Lipinski definition) is 3. The fourth-order valence-electron chi connectivity index (χ4n) is 7.04. The van der Waals surface area contributed by atoms with Crippen LogP contribution >= 0.6 is 0 Å². The summed E-state index contributed by atoms with van der Waals surface area (Å²) in [5.41, 5.74) is -0.0290. The van der Waals surface area contributed by atoms with Crippen LogP contribution in [0.4, 0.5) is 10.2 Å². The van der Waals surface area contributed by atoms with Gasteiger partial charge in [0, 0.05) is 36.4 Å². The number of carbonyl (C=O) groups excluding carboxylic acids is 2. The van der Waals surface area contributed by atoms with Crippen molar-refractivity contribution in [3.63, 3.8) is 0 Å². The topological polar surface area (TPSA) is 118 Å². The molecule has 226 valence electrons. The second-order valence-corrected chi connectivity index (χ2v) is 11.6. The van der Waals surface area contributed by atoms with E-state index in [9.17, 15) is 9.59 Å². The zero-order valence-electron chi connectivity index (χ0n) is 29.4. The number of pyridine rings is 1. The molecule has 2 saturated carbocycles. The summed E-state index contributed by atoms with van der Waals surface area (Å²) in [6.07, 6.45) is 9.21. The molecule has 0 spiro atoms. The molecule has 2 fully saturated rings. The average Bonchev–Trinajstić information content (AvgIpc) is 3.68. The van der Waals surface area contributed by atoms with E-state index >= 15 is 4.39 Å². The maximum absolute atomic E-state index is 15.7. The Balaban J connectivity index is 1.47. The van der Waals surface area contributed by atoms with E-state index in [1.807, 2.05) is 6.92 Å². The largest absolute Gasteiger partial charge is 0.339 e. The Hall–Kier alpha value is -3.56. The zero-order valence-corrected chi connectivity index (χ0v) is 24.4. The third-order valence-electron chi connectivity index (χ3n) is 9.03. The number of anilines is 1. The van der Waals surface area contributed by atoms with Crippen LogP contribution < -0.4 is 10.6 Å². The summed E-state index contributed by atoms with van der Waals surface area (Å²) in [4.78, 5) is 31.9. The first kappa shape index (κ1) is 23.9. The maximum atomic E-state index is 15.7.